The second-order valence-corrected chi connectivity index (χ2v) is 3.28. The molecule has 0 amide bonds. The van der Waals surface area contributed by atoms with Gasteiger partial charge in [0.25, 0.3) is 0 Å². The van der Waals surface area contributed by atoms with Gasteiger partial charge >= 0.3 is 5.97 Å². The third-order valence-electron chi connectivity index (χ3n) is 1.74. The molecule has 0 spiro atoms. The van der Waals surface area contributed by atoms with Crippen molar-refractivity contribution in [2.24, 2.45) is 5.92 Å². The van der Waals surface area contributed by atoms with Crippen LogP contribution < -0.4 is 0 Å². The monoisotopic (exact) mass is 174 g/mol. The summed E-state index contributed by atoms with van der Waals surface area (Å²) in [6.45, 7) is 5.98. The van der Waals surface area contributed by atoms with Gasteiger partial charge in [-0.2, -0.15) is 0 Å². The van der Waals surface area contributed by atoms with E-state index in [1.54, 1.807) is 0 Å². The first-order chi connectivity index (χ1) is 5.57. The van der Waals surface area contributed by atoms with Crippen LogP contribution >= 0.6 is 0 Å². The number of hydrogen-bond donors (Lipinski definition) is 1. The van der Waals surface area contributed by atoms with Crippen LogP contribution in [0.25, 0.3) is 0 Å². The normalized spacial score (nSPS) is 13.3. The minimum absolute atomic E-state index is 0.0890. The molecule has 3 nitrogen and oxygen atoms in total. The van der Waals surface area contributed by atoms with Crippen LogP contribution in [0, 0.1) is 5.92 Å². The number of ether oxygens (including phenoxy) is 1. The van der Waals surface area contributed by atoms with Crippen LogP contribution in [0.4, 0.5) is 0 Å². The van der Waals surface area contributed by atoms with E-state index < -0.39 is 5.97 Å². The molecule has 0 rings (SSSR count). The molecule has 3 heteroatoms. The molecule has 0 fully saturated rings. The molecule has 0 aromatic heterocycles. The third-order valence-corrected chi connectivity index (χ3v) is 1.74. The van der Waals surface area contributed by atoms with E-state index in [1.165, 1.54) is 0 Å². The van der Waals surface area contributed by atoms with Crippen molar-refractivity contribution < 1.29 is 14.6 Å². The number of carboxylic acid groups (broad SMARTS) is 1. The lowest BCUT2D eigenvalue weighted by Crippen LogP contribution is -2.23. The van der Waals surface area contributed by atoms with Crippen molar-refractivity contribution in [1.82, 2.24) is 0 Å². The Kier molecular flexibility index (Phi) is 5.72. The minimum Gasteiger partial charge on any atom is -0.480 e. The Labute approximate surface area is 73.7 Å². The van der Waals surface area contributed by atoms with E-state index in [1.807, 2.05) is 13.8 Å². The van der Waals surface area contributed by atoms with Gasteiger partial charge in [0, 0.05) is 0 Å². The summed E-state index contributed by atoms with van der Waals surface area (Å²) in [5, 5.41) is 8.39. The average Bonchev–Trinajstić information content (AvgIpc) is 1.96. The fraction of sp³-hybridized carbons (Fsp3) is 0.889. The predicted octanol–water partition coefficient (Wildman–Crippen LogP) is 1.91. The highest BCUT2D eigenvalue weighted by atomic mass is 16.5. The summed E-state index contributed by atoms with van der Waals surface area (Å²) >= 11 is 0. The SMILES string of the molecule is CCCC(OCC(=O)O)C(C)C. The van der Waals surface area contributed by atoms with Crippen LogP contribution in [0.1, 0.15) is 33.6 Å². The maximum Gasteiger partial charge on any atom is 0.329 e. The summed E-state index contributed by atoms with van der Waals surface area (Å²) < 4.78 is 5.21. The number of carbonyl (C=O) groups is 1. The van der Waals surface area contributed by atoms with Crippen LogP contribution in [-0.4, -0.2) is 23.8 Å². The van der Waals surface area contributed by atoms with Crippen LogP contribution in [0.2, 0.25) is 0 Å². The Morgan fingerprint density at radius 1 is 1.50 bits per heavy atom. The Balaban J connectivity index is 3.70. The first kappa shape index (κ1) is 11.4. The molecule has 0 aromatic carbocycles. The smallest absolute Gasteiger partial charge is 0.329 e. The zero-order chi connectivity index (χ0) is 9.56. The molecule has 0 bridgehead atoms. The summed E-state index contributed by atoms with van der Waals surface area (Å²) in [6.07, 6.45) is 2.05. The molecule has 1 atom stereocenters. The van der Waals surface area contributed by atoms with Crippen molar-refractivity contribution in [2.45, 2.75) is 39.7 Å². The van der Waals surface area contributed by atoms with E-state index in [0.29, 0.717) is 5.92 Å². The number of aliphatic carboxylic acids is 1. The number of carboxylic acids is 1. The molecule has 12 heavy (non-hydrogen) atoms. The van der Waals surface area contributed by atoms with Gasteiger partial charge in [0.2, 0.25) is 0 Å². The molecule has 0 saturated heterocycles. The average molecular weight is 174 g/mol. The molecule has 72 valence electrons. The molecule has 0 aliphatic carbocycles. The largest absolute Gasteiger partial charge is 0.480 e. The topological polar surface area (TPSA) is 46.5 Å². The minimum atomic E-state index is -0.892. The van der Waals surface area contributed by atoms with Crippen LogP contribution in [-0.2, 0) is 9.53 Å². The fourth-order valence-electron chi connectivity index (χ4n) is 1.07. The van der Waals surface area contributed by atoms with Crippen molar-refractivity contribution in [2.75, 3.05) is 6.61 Å². The maximum atomic E-state index is 10.2. The molecule has 0 aromatic rings. The zero-order valence-corrected chi connectivity index (χ0v) is 8.04. The lowest BCUT2D eigenvalue weighted by Gasteiger charge is -2.19. The summed E-state index contributed by atoms with van der Waals surface area (Å²) in [5.74, 6) is -0.499. The number of hydrogen-bond acceptors (Lipinski definition) is 2. The van der Waals surface area contributed by atoms with Crippen molar-refractivity contribution in [1.29, 1.82) is 0 Å². The zero-order valence-electron chi connectivity index (χ0n) is 8.04. The van der Waals surface area contributed by atoms with Gasteiger partial charge in [0.15, 0.2) is 0 Å². The van der Waals surface area contributed by atoms with Crippen molar-refractivity contribution >= 4 is 5.97 Å². The second kappa shape index (κ2) is 6.00. The highest BCUT2D eigenvalue weighted by Gasteiger charge is 2.13. The summed E-state index contributed by atoms with van der Waals surface area (Å²) in [4.78, 5) is 10.2. The Hall–Kier alpha value is -0.570. The van der Waals surface area contributed by atoms with E-state index in [0.717, 1.165) is 12.8 Å². The first-order valence-electron chi connectivity index (χ1n) is 4.41. The van der Waals surface area contributed by atoms with E-state index >= 15 is 0 Å². The van der Waals surface area contributed by atoms with Gasteiger partial charge in [-0.25, -0.2) is 4.79 Å². The third kappa shape index (κ3) is 5.13. The van der Waals surface area contributed by atoms with Gasteiger partial charge in [0.1, 0.15) is 6.61 Å². The Bertz CT molecular complexity index is 132. The van der Waals surface area contributed by atoms with Crippen LogP contribution in [0.5, 0.6) is 0 Å². The fourth-order valence-corrected chi connectivity index (χ4v) is 1.07. The number of rotatable bonds is 6. The Morgan fingerprint density at radius 2 is 2.08 bits per heavy atom. The molecular formula is C9H18O3. The van der Waals surface area contributed by atoms with Gasteiger partial charge in [-0.15, -0.1) is 0 Å². The van der Waals surface area contributed by atoms with E-state index in [4.69, 9.17) is 9.84 Å². The van der Waals surface area contributed by atoms with E-state index in [-0.39, 0.29) is 12.7 Å². The van der Waals surface area contributed by atoms with Gasteiger partial charge in [0.05, 0.1) is 6.10 Å². The molecule has 0 radical (unpaired) electrons. The molecule has 1 unspecified atom stereocenters. The Morgan fingerprint density at radius 3 is 2.42 bits per heavy atom. The maximum absolute atomic E-state index is 10.2. The molecule has 0 aliphatic heterocycles. The summed E-state index contributed by atoms with van der Waals surface area (Å²) in [7, 11) is 0. The highest BCUT2D eigenvalue weighted by Crippen LogP contribution is 2.12. The molecule has 1 N–H and O–H groups in total. The first-order valence-corrected chi connectivity index (χ1v) is 4.41. The quantitative estimate of drug-likeness (QED) is 0.669. The second-order valence-electron chi connectivity index (χ2n) is 3.28. The van der Waals surface area contributed by atoms with E-state index in [2.05, 4.69) is 6.92 Å². The molecule has 0 aliphatic rings. The lowest BCUT2D eigenvalue weighted by molar-refractivity contribution is -0.145. The molecule has 0 heterocycles. The predicted molar refractivity (Wildman–Crippen MR) is 47.1 cm³/mol. The summed E-state index contributed by atoms with van der Waals surface area (Å²) in [6, 6.07) is 0. The van der Waals surface area contributed by atoms with Gasteiger partial charge < -0.3 is 9.84 Å². The standard InChI is InChI=1S/C9H18O3/c1-4-5-8(7(2)3)12-6-9(10)11/h7-8H,4-6H2,1-3H3,(H,10,11). The molecule has 0 saturated carbocycles. The van der Waals surface area contributed by atoms with E-state index in [9.17, 15) is 4.79 Å². The van der Waals surface area contributed by atoms with Crippen molar-refractivity contribution in [3.8, 4) is 0 Å². The summed E-state index contributed by atoms with van der Waals surface area (Å²) in [5.41, 5.74) is 0. The van der Waals surface area contributed by atoms with Gasteiger partial charge in [-0.3, -0.25) is 0 Å². The van der Waals surface area contributed by atoms with Crippen molar-refractivity contribution in [3.63, 3.8) is 0 Å². The van der Waals surface area contributed by atoms with Crippen molar-refractivity contribution in [3.05, 3.63) is 0 Å². The van der Waals surface area contributed by atoms with Gasteiger partial charge in [-0.1, -0.05) is 27.2 Å². The van der Waals surface area contributed by atoms with Crippen LogP contribution in [0.3, 0.4) is 0 Å². The highest BCUT2D eigenvalue weighted by molar-refractivity contribution is 5.68. The lowest BCUT2D eigenvalue weighted by atomic mass is 10.0. The van der Waals surface area contributed by atoms with Gasteiger partial charge in [-0.05, 0) is 12.3 Å². The van der Waals surface area contributed by atoms with Crippen LogP contribution in [0.15, 0.2) is 0 Å². The molecular weight excluding hydrogens is 156 g/mol.